The summed E-state index contributed by atoms with van der Waals surface area (Å²) in [4.78, 5) is 12.0. The summed E-state index contributed by atoms with van der Waals surface area (Å²) >= 11 is 0. The van der Waals surface area contributed by atoms with Crippen LogP contribution < -0.4 is 20.1 Å². The van der Waals surface area contributed by atoms with Crippen LogP contribution in [0, 0.1) is 0 Å². The highest BCUT2D eigenvalue weighted by atomic mass is 16.5. The summed E-state index contributed by atoms with van der Waals surface area (Å²) in [7, 11) is 1.60. The zero-order chi connectivity index (χ0) is 18.2. The van der Waals surface area contributed by atoms with Crippen molar-refractivity contribution < 1.29 is 14.3 Å². The van der Waals surface area contributed by atoms with Crippen molar-refractivity contribution in [1.29, 1.82) is 0 Å². The molecule has 0 aliphatic rings. The third-order valence-corrected chi connectivity index (χ3v) is 3.66. The molecule has 132 valence electrons. The summed E-state index contributed by atoms with van der Waals surface area (Å²) in [6.45, 7) is 0.172. The van der Waals surface area contributed by atoms with E-state index in [0.29, 0.717) is 0 Å². The van der Waals surface area contributed by atoms with Crippen LogP contribution in [0.5, 0.6) is 17.2 Å². The molecule has 0 heterocycles. The van der Waals surface area contributed by atoms with Crippen molar-refractivity contribution >= 4 is 17.3 Å². The first kappa shape index (κ1) is 17.4. The Balaban J connectivity index is 1.48. The van der Waals surface area contributed by atoms with Crippen molar-refractivity contribution in [3.8, 4) is 17.2 Å². The summed E-state index contributed by atoms with van der Waals surface area (Å²) in [5.41, 5.74) is 1.57. The third-order valence-electron chi connectivity index (χ3n) is 3.66. The molecule has 0 aliphatic heterocycles. The first-order chi connectivity index (χ1) is 12.7. The van der Waals surface area contributed by atoms with Gasteiger partial charge in [-0.05, 0) is 60.7 Å². The average molecular weight is 348 g/mol. The van der Waals surface area contributed by atoms with Gasteiger partial charge in [0.15, 0.2) is 0 Å². The molecule has 5 nitrogen and oxygen atoms in total. The van der Waals surface area contributed by atoms with Crippen molar-refractivity contribution in [3.05, 3.63) is 78.9 Å². The summed E-state index contributed by atoms with van der Waals surface area (Å²) in [5, 5.41) is 5.91. The molecule has 0 fully saturated rings. The molecule has 0 aromatic heterocycles. The van der Waals surface area contributed by atoms with Crippen molar-refractivity contribution in [2.45, 2.75) is 0 Å². The fourth-order valence-electron chi connectivity index (χ4n) is 2.33. The highest BCUT2D eigenvalue weighted by Crippen LogP contribution is 2.22. The second-order valence-electron chi connectivity index (χ2n) is 5.57. The van der Waals surface area contributed by atoms with Gasteiger partial charge in [-0.2, -0.15) is 0 Å². The molecule has 2 N–H and O–H groups in total. The lowest BCUT2D eigenvalue weighted by molar-refractivity contribution is -0.114. The van der Waals surface area contributed by atoms with E-state index in [0.717, 1.165) is 28.6 Å². The second-order valence-corrected chi connectivity index (χ2v) is 5.57. The SMILES string of the molecule is COc1ccc(NC(=O)CNc2ccc(Oc3ccccc3)cc2)cc1. The predicted molar refractivity (Wildman–Crippen MR) is 103 cm³/mol. The van der Waals surface area contributed by atoms with E-state index in [1.807, 2.05) is 54.6 Å². The Morgan fingerprint density at radius 1 is 0.769 bits per heavy atom. The van der Waals surface area contributed by atoms with Gasteiger partial charge < -0.3 is 20.1 Å². The number of carbonyl (C=O) groups excluding carboxylic acids is 1. The third kappa shape index (κ3) is 5.01. The minimum absolute atomic E-state index is 0.125. The lowest BCUT2D eigenvalue weighted by Gasteiger charge is -2.10. The van der Waals surface area contributed by atoms with Gasteiger partial charge in [-0.3, -0.25) is 4.79 Å². The van der Waals surface area contributed by atoms with Gasteiger partial charge in [0, 0.05) is 11.4 Å². The van der Waals surface area contributed by atoms with Gasteiger partial charge in [0.25, 0.3) is 0 Å². The molecule has 0 atom stereocenters. The van der Waals surface area contributed by atoms with E-state index in [-0.39, 0.29) is 12.5 Å². The second kappa shape index (κ2) is 8.58. The number of carbonyl (C=O) groups is 1. The molecule has 0 unspecified atom stereocenters. The topological polar surface area (TPSA) is 59.6 Å². The molecule has 0 spiro atoms. The molecule has 0 saturated heterocycles. The maximum atomic E-state index is 12.0. The zero-order valence-electron chi connectivity index (χ0n) is 14.4. The molecule has 3 rings (SSSR count). The number of benzene rings is 3. The number of methoxy groups -OCH3 is 1. The molecule has 1 amide bonds. The Morgan fingerprint density at radius 2 is 1.35 bits per heavy atom. The van der Waals surface area contributed by atoms with E-state index in [2.05, 4.69) is 10.6 Å². The van der Waals surface area contributed by atoms with E-state index < -0.39 is 0 Å². The monoisotopic (exact) mass is 348 g/mol. The predicted octanol–water partition coefficient (Wildman–Crippen LogP) is 4.54. The average Bonchev–Trinajstić information content (AvgIpc) is 2.69. The largest absolute Gasteiger partial charge is 0.497 e. The number of nitrogens with one attached hydrogen (secondary N) is 2. The van der Waals surface area contributed by atoms with E-state index in [9.17, 15) is 4.79 Å². The Bertz CT molecular complexity index is 831. The number of hydrogen-bond donors (Lipinski definition) is 2. The summed E-state index contributed by atoms with van der Waals surface area (Å²) in [5.74, 6) is 2.15. The van der Waals surface area contributed by atoms with E-state index >= 15 is 0 Å². The van der Waals surface area contributed by atoms with Crippen LogP contribution in [-0.2, 0) is 4.79 Å². The summed E-state index contributed by atoms with van der Waals surface area (Å²) in [6.07, 6.45) is 0. The van der Waals surface area contributed by atoms with Crippen molar-refractivity contribution in [3.63, 3.8) is 0 Å². The standard InChI is InChI=1S/C21H20N2O3/c1-25-18-11-9-17(10-12-18)23-21(24)15-22-16-7-13-20(14-8-16)26-19-5-3-2-4-6-19/h2-14,22H,15H2,1H3,(H,23,24). The Morgan fingerprint density at radius 3 is 2.00 bits per heavy atom. The smallest absolute Gasteiger partial charge is 0.243 e. The fourth-order valence-corrected chi connectivity index (χ4v) is 2.33. The molecule has 0 radical (unpaired) electrons. The van der Waals surface area contributed by atoms with Crippen LogP contribution in [0.1, 0.15) is 0 Å². The van der Waals surface area contributed by atoms with Gasteiger partial charge >= 0.3 is 0 Å². The van der Waals surface area contributed by atoms with Crippen LogP contribution in [-0.4, -0.2) is 19.6 Å². The molecule has 26 heavy (non-hydrogen) atoms. The van der Waals surface area contributed by atoms with Crippen LogP contribution in [0.25, 0.3) is 0 Å². The maximum absolute atomic E-state index is 12.0. The van der Waals surface area contributed by atoms with Crippen LogP contribution >= 0.6 is 0 Å². The molecule has 0 saturated carbocycles. The lowest BCUT2D eigenvalue weighted by atomic mass is 10.3. The van der Waals surface area contributed by atoms with Gasteiger partial charge in [-0.25, -0.2) is 0 Å². The van der Waals surface area contributed by atoms with Crippen molar-refractivity contribution in [2.75, 3.05) is 24.3 Å². The van der Waals surface area contributed by atoms with Crippen molar-refractivity contribution in [1.82, 2.24) is 0 Å². The van der Waals surface area contributed by atoms with E-state index in [4.69, 9.17) is 9.47 Å². The first-order valence-electron chi connectivity index (χ1n) is 8.24. The molecule has 3 aromatic rings. The molecular weight excluding hydrogens is 328 g/mol. The normalized spacial score (nSPS) is 10.0. The van der Waals surface area contributed by atoms with Crippen LogP contribution in [0.15, 0.2) is 78.9 Å². The van der Waals surface area contributed by atoms with Gasteiger partial charge in [-0.15, -0.1) is 0 Å². The van der Waals surface area contributed by atoms with Crippen molar-refractivity contribution in [2.24, 2.45) is 0 Å². The Hall–Kier alpha value is -3.47. The lowest BCUT2D eigenvalue weighted by Crippen LogP contribution is -2.21. The first-order valence-corrected chi connectivity index (χ1v) is 8.24. The quantitative estimate of drug-likeness (QED) is 0.658. The van der Waals surface area contributed by atoms with Gasteiger partial charge in [0.05, 0.1) is 13.7 Å². The molecule has 0 aliphatic carbocycles. The summed E-state index contributed by atoms with van der Waals surface area (Å²) < 4.78 is 10.8. The minimum Gasteiger partial charge on any atom is -0.497 e. The number of para-hydroxylation sites is 1. The maximum Gasteiger partial charge on any atom is 0.243 e. The molecule has 0 bridgehead atoms. The number of ether oxygens (including phenoxy) is 2. The fraction of sp³-hybridized carbons (Fsp3) is 0.0952. The highest BCUT2D eigenvalue weighted by Gasteiger charge is 2.03. The van der Waals surface area contributed by atoms with Gasteiger partial charge in [0.1, 0.15) is 17.2 Å². The van der Waals surface area contributed by atoms with E-state index in [1.165, 1.54) is 0 Å². The van der Waals surface area contributed by atoms with Gasteiger partial charge in [-0.1, -0.05) is 18.2 Å². The Kier molecular flexibility index (Phi) is 5.72. The van der Waals surface area contributed by atoms with Crippen LogP contribution in [0.2, 0.25) is 0 Å². The minimum atomic E-state index is -0.125. The highest BCUT2D eigenvalue weighted by molar-refractivity contribution is 5.93. The molecular formula is C21H20N2O3. The van der Waals surface area contributed by atoms with E-state index in [1.54, 1.807) is 31.4 Å². The Labute approximate surface area is 152 Å². The zero-order valence-corrected chi connectivity index (χ0v) is 14.4. The van der Waals surface area contributed by atoms with Gasteiger partial charge in [0.2, 0.25) is 5.91 Å². The number of amides is 1. The summed E-state index contributed by atoms with van der Waals surface area (Å²) in [6, 6.07) is 24.2. The number of hydrogen-bond acceptors (Lipinski definition) is 4. The number of rotatable bonds is 7. The van der Waals surface area contributed by atoms with Crippen LogP contribution in [0.3, 0.4) is 0 Å². The number of anilines is 2. The van der Waals surface area contributed by atoms with Crippen LogP contribution in [0.4, 0.5) is 11.4 Å². The molecule has 3 aromatic carbocycles. The molecule has 5 heteroatoms.